The van der Waals surface area contributed by atoms with Gasteiger partial charge >= 0.3 is 0 Å². The average Bonchev–Trinajstić information content (AvgIpc) is 2.51. The molecule has 126 valence electrons. The van der Waals surface area contributed by atoms with Gasteiger partial charge in [0.2, 0.25) is 5.91 Å². The predicted octanol–water partition coefficient (Wildman–Crippen LogP) is 3.49. The fraction of sp³-hybridized carbons (Fsp3) is 0.444. The normalized spacial score (nSPS) is 10.7. The van der Waals surface area contributed by atoms with Crippen LogP contribution in [-0.2, 0) is 4.79 Å². The molecule has 0 aliphatic rings. The lowest BCUT2D eigenvalue weighted by molar-refractivity contribution is -0.120. The van der Waals surface area contributed by atoms with Gasteiger partial charge in [0, 0.05) is 17.5 Å². The molecule has 0 saturated carbocycles. The Hall–Kier alpha value is -2.30. The smallest absolute Gasteiger partial charge is 0.258 e. The summed E-state index contributed by atoms with van der Waals surface area (Å²) in [5, 5.41) is 12.0. The molecule has 1 aromatic rings. The summed E-state index contributed by atoms with van der Waals surface area (Å²) in [6, 6.07) is 2.86. The lowest BCUT2D eigenvalue weighted by atomic mass is 10.1. The molecule has 0 radical (unpaired) electrons. The van der Waals surface area contributed by atoms with Crippen molar-refractivity contribution in [2.75, 3.05) is 7.11 Å². The molecule has 0 aliphatic heterocycles. The maximum atomic E-state index is 12.1. The first-order valence-electron chi connectivity index (χ1n) is 7.87. The van der Waals surface area contributed by atoms with Crippen molar-refractivity contribution in [2.24, 2.45) is 0 Å². The molecule has 23 heavy (non-hydrogen) atoms. The van der Waals surface area contributed by atoms with Crippen LogP contribution in [0, 0.1) is 6.92 Å². The Balaban J connectivity index is 2.53. The third-order valence-electron chi connectivity index (χ3n) is 3.51. The highest BCUT2D eigenvalue weighted by Gasteiger charge is 2.17. The maximum Gasteiger partial charge on any atom is 0.258 e. The highest BCUT2D eigenvalue weighted by molar-refractivity contribution is 6.05. The molecule has 2 N–H and O–H groups in total. The van der Waals surface area contributed by atoms with Crippen molar-refractivity contribution in [3.63, 3.8) is 0 Å². The lowest BCUT2D eigenvalue weighted by Gasteiger charge is -2.11. The number of benzene rings is 1. The molecule has 0 atom stereocenters. The number of nitrogens with one attached hydrogen (secondary N) is 1. The maximum absolute atomic E-state index is 12.1. The second-order valence-corrected chi connectivity index (χ2v) is 5.29. The summed E-state index contributed by atoms with van der Waals surface area (Å²) < 4.78 is 5.06. The van der Waals surface area contributed by atoms with E-state index in [1.54, 1.807) is 6.92 Å². The largest absolute Gasteiger partial charge is 0.504 e. The van der Waals surface area contributed by atoms with Crippen molar-refractivity contribution in [2.45, 2.75) is 46.0 Å². The van der Waals surface area contributed by atoms with E-state index < -0.39 is 5.91 Å². The number of imide groups is 1. The number of aromatic hydroxyl groups is 1. The molecule has 0 bridgehead atoms. The van der Waals surface area contributed by atoms with E-state index in [2.05, 4.69) is 24.4 Å². The van der Waals surface area contributed by atoms with Crippen LogP contribution in [0.4, 0.5) is 0 Å². The SMILES string of the molecule is CC/C=C/CCCCC(=O)NC(=O)c1ccc(O)c(OC)c1C. The molecule has 5 nitrogen and oxygen atoms in total. The van der Waals surface area contributed by atoms with Crippen LogP contribution in [0.1, 0.15) is 54.9 Å². The molecule has 1 rings (SSSR count). The van der Waals surface area contributed by atoms with Gasteiger partial charge in [0.25, 0.3) is 5.91 Å². The molecular weight excluding hydrogens is 294 g/mol. The number of carbonyl (C=O) groups is 2. The van der Waals surface area contributed by atoms with Gasteiger partial charge in [0.15, 0.2) is 11.5 Å². The summed E-state index contributed by atoms with van der Waals surface area (Å²) in [7, 11) is 1.42. The van der Waals surface area contributed by atoms with Crippen molar-refractivity contribution < 1.29 is 19.4 Å². The first-order valence-corrected chi connectivity index (χ1v) is 7.87. The molecule has 0 heterocycles. The van der Waals surface area contributed by atoms with Crippen LogP contribution in [0.15, 0.2) is 24.3 Å². The number of methoxy groups -OCH3 is 1. The monoisotopic (exact) mass is 319 g/mol. The minimum absolute atomic E-state index is 0.0342. The molecule has 0 aromatic heterocycles. The van der Waals surface area contributed by atoms with Gasteiger partial charge in [-0.25, -0.2) is 0 Å². The number of rotatable bonds is 8. The van der Waals surface area contributed by atoms with E-state index in [1.165, 1.54) is 19.2 Å². The van der Waals surface area contributed by atoms with E-state index in [0.29, 0.717) is 17.5 Å². The Labute approximate surface area is 137 Å². The summed E-state index contributed by atoms with van der Waals surface area (Å²) in [6.45, 7) is 3.74. The zero-order valence-electron chi connectivity index (χ0n) is 14.0. The van der Waals surface area contributed by atoms with Crippen molar-refractivity contribution in [1.82, 2.24) is 5.32 Å². The lowest BCUT2D eigenvalue weighted by Crippen LogP contribution is -2.30. The highest BCUT2D eigenvalue weighted by atomic mass is 16.5. The van der Waals surface area contributed by atoms with Crippen molar-refractivity contribution in [1.29, 1.82) is 0 Å². The Kier molecular flexibility index (Phi) is 7.88. The van der Waals surface area contributed by atoms with Crippen LogP contribution in [0.5, 0.6) is 11.5 Å². The quantitative estimate of drug-likeness (QED) is 0.568. The fourth-order valence-corrected chi connectivity index (χ4v) is 2.27. The van der Waals surface area contributed by atoms with Gasteiger partial charge in [-0.1, -0.05) is 19.1 Å². The number of carbonyl (C=O) groups excluding carboxylic acids is 2. The Morgan fingerprint density at radius 2 is 2.00 bits per heavy atom. The number of phenols is 1. The van der Waals surface area contributed by atoms with Crippen molar-refractivity contribution in [3.05, 3.63) is 35.4 Å². The second kappa shape index (κ2) is 9.66. The Morgan fingerprint density at radius 1 is 1.26 bits per heavy atom. The number of hydrogen-bond donors (Lipinski definition) is 2. The topological polar surface area (TPSA) is 75.6 Å². The van der Waals surface area contributed by atoms with Gasteiger partial charge in [-0.15, -0.1) is 0 Å². The van der Waals surface area contributed by atoms with Crippen LogP contribution in [0.2, 0.25) is 0 Å². The number of amides is 2. The van der Waals surface area contributed by atoms with E-state index in [9.17, 15) is 14.7 Å². The van der Waals surface area contributed by atoms with E-state index in [0.717, 1.165) is 25.7 Å². The first-order chi connectivity index (χ1) is 11.0. The van der Waals surface area contributed by atoms with Crippen LogP contribution in [0.25, 0.3) is 0 Å². The van der Waals surface area contributed by atoms with Crippen LogP contribution < -0.4 is 10.1 Å². The molecule has 0 unspecified atom stereocenters. The van der Waals surface area contributed by atoms with Gasteiger partial charge < -0.3 is 9.84 Å². The zero-order valence-corrected chi connectivity index (χ0v) is 14.0. The first kappa shape index (κ1) is 18.7. The molecule has 0 aliphatic carbocycles. The standard InChI is InChI=1S/C18H25NO4/c1-4-5-6-7-8-9-10-16(21)19-18(22)14-11-12-15(20)17(23-3)13(14)2/h5-6,11-12,20H,4,7-10H2,1-3H3,(H,19,21,22)/b6-5+. The van der Waals surface area contributed by atoms with Gasteiger partial charge in [-0.2, -0.15) is 0 Å². The number of ether oxygens (including phenoxy) is 1. The number of hydrogen-bond acceptors (Lipinski definition) is 4. The summed E-state index contributed by atoms with van der Waals surface area (Å²) in [5.41, 5.74) is 0.821. The highest BCUT2D eigenvalue weighted by Crippen LogP contribution is 2.31. The Morgan fingerprint density at radius 3 is 2.65 bits per heavy atom. The third kappa shape index (κ3) is 5.77. The second-order valence-electron chi connectivity index (χ2n) is 5.29. The van der Waals surface area contributed by atoms with E-state index in [1.807, 2.05) is 0 Å². The molecule has 5 heteroatoms. The molecular formula is C18H25NO4. The van der Waals surface area contributed by atoms with Gasteiger partial charge in [-0.05, 0) is 44.7 Å². The number of phenolic OH excluding ortho intramolecular Hbond substituents is 1. The average molecular weight is 319 g/mol. The summed E-state index contributed by atoms with van der Waals surface area (Å²) >= 11 is 0. The van der Waals surface area contributed by atoms with Gasteiger partial charge in [-0.3, -0.25) is 14.9 Å². The molecule has 1 aromatic carbocycles. The van der Waals surface area contributed by atoms with Crippen molar-refractivity contribution >= 4 is 11.8 Å². The molecule has 0 fully saturated rings. The van der Waals surface area contributed by atoms with Gasteiger partial charge in [0.1, 0.15) is 0 Å². The summed E-state index contributed by atoms with van der Waals surface area (Å²) in [5.74, 6) is -0.557. The summed E-state index contributed by atoms with van der Waals surface area (Å²) in [4.78, 5) is 24.0. The van der Waals surface area contributed by atoms with Crippen LogP contribution in [0.3, 0.4) is 0 Å². The molecule has 2 amide bonds. The molecule has 0 saturated heterocycles. The summed E-state index contributed by atoms with van der Waals surface area (Å²) in [6.07, 6.45) is 8.16. The van der Waals surface area contributed by atoms with Gasteiger partial charge in [0.05, 0.1) is 7.11 Å². The number of allylic oxidation sites excluding steroid dienone is 2. The number of unbranched alkanes of at least 4 members (excludes halogenated alkanes) is 2. The zero-order chi connectivity index (χ0) is 17.2. The third-order valence-corrected chi connectivity index (χ3v) is 3.51. The molecule has 0 spiro atoms. The van der Waals surface area contributed by atoms with E-state index in [4.69, 9.17) is 4.74 Å². The van der Waals surface area contributed by atoms with Crippen LogP contribution in [-0.4, -0.2) is 24.0 Å². The minimum atomic E-state index is -0.475. The minimum Gasteiger partial charge on any atom is -0.504 e. The fourth-order valence-electron chi connectivity index (χ4n) is 2.27. The van der Waals surface area contributed by atoms with E-state index in [-0.39, 0.29) is 17.4 Å². The van der Waals surface area contributed by atoms with Crippen LogP contribution >= 0.6 is 0 Å². The Bertz CT molecular complexity index is 579. The predicted molar refractivity (Wildman–Crippen MR) is 89.8 cm³/mol. The van der Waals surface area contributed by atoms with Crippen molar-refractivity contribution in [3.8, 4) is 11.5 Å². The van der Waals surface area contributed by atoms with E-state index >= 15 is 0 Å².